The molecule has 0 fully saturated rings. The Morgan fingerprint density at radius 1 is 1.39 bits per heavy atom. The minimum Gasteiger partial charge on any atom is -0.450 e. The highest BCUT2D eigenvalue weighted by Crippen LogP contribution is 2.03. The highest BCUT2D eigenvalue weighted by atomic mass is 17.2. The van der Waals surface area contributed by atoms with Crippen LogP contribution in [0.5, 0.6) is 0 Å². The van der Waals surface area contributed by atoms with E-state index >= 15 is 0 Å². The van der Waals surface area contributed by atoms with Gasteiger partial charge in [-0.25, -0.2) is 14.5 Å². The lowest BCUT2D eigenvalue weighted by molar-refractivity contribution is -0.374. The second-order valence-corrected chi connectivity index (χ2v) is 3.46. The molecule has 0 amide bonds. The summed E-state index contributed by atoms with van der Waals surface area (Å²) in [6, 6.07) is 0. The van der Waals surface area contributed by atoms with Crippen molar-refractivity contribution in [2.75, 3.05) is 13.2 Å². The fraction of sp³-hybridized carbons (Fsp3) is 0.636. The van der Waals surface area contributed by atoms with Crippen molar-refractivity contribution in [3.8, 4) is 0 Å². The quantitative estimate of drug-likeness (QED) is 0.169. The van der Waals surface area contributed by atoms with Crippen LogP contribution in [0, 0.1) is 0 Å². The fourth-order valence-corrected chi connectivity index (χ4v) is 0.768. The van der Waals surface area contributed by atoms with E-state index in [0.717, 1.165) is 12.8 Å². The van der Waals surface area contributed by atoms with E-state index in [1.54, 1.807) is 0 Å². The SMILES string of the molecule is C=C(C)C(=O)OC(COC(=O)O)OOCCCC. The van der Waals surface area contributed by atoms with Gasteiger partial charge in [0.05, 0.1) is 6.61 Å². The molecule has 7 heteroatoms. The summed E-state index contributed by atoms with van der Waals surface area (Å²) in [7, 11) is 0. The van der Waals surface area contributed by atoms with Crippen molar-refractivity contribution >= 4 is 12.1 Å². The van der Waals surface area contributed by atoms with E-state index < -0.39 is 25.0 Å². The average Bonchev–Trinajstić information content (AvgIpc) is 2.30. The number of rotatable bonds is 9. The molecule has 0 heterocycles. The zero-order chi connectivity index (χ0) is 14.0. The second-order valence-electron chi connectivity index (χ2n) is 3.46. The van der Waals surface area contributed by atoms with Crippen LogP contribution in [0.4, 0.5) is 4.79 Å². The highest BCUT2D eigenvalue weighted by Gasteiger charge is 2.18. The third kappa shape index (κ3) is 8.54. The van der Waals surface area contributed by atoms with Crippen molar-refractivity contribution < 1.29 is 33.9 Å². The van der Waals surface area contributed by atoms with Gasteiger partial charge in [0.25, 0.3) is 6.29 Å². The van der Waals surface area contributed by atoms with Crippen molar-refractivity contribution in [3.63, 3.8) is 0 Å². The molecule has 0 aromatic heterocycles. The average molecular weight is 262 g/mol. The molecule has 0 saturated heterocycles. The van der Waals surface area contributed by atoms with Gasteiger partial charge in [0.1, 0.15) is 0 Å². The first kappa shape index (κ1) is 16.4. The first-order valence-corrected chi connectivity index (χ1v) is 5.47. The summed E-state index contributed by atoms with van der Waals surface area (Å²) in [5.41, 5.74) is 0.160. The number of hydrogen-bond acceptors (Lipinski definition) is 6. The predicted molar refractivity (Wildman–Crippen MR) is 60.6 cm³/mol. The van der Waals surface area contributed by atoms with Crippen molar-refractivity contribution in [3.05, 3.63) is 12.2 Å². The normalized spacial score (nSPS) is 11.7. The van der Waals surface area contributed by atoms with Gasteiger partial charge in [-0.2, -0.15) is 4.89 Å². The summed E-state index contributed by atoms with van der Waals surface area (Å²) in [5, 5.41) is 8.34. The van der Waals surface area contributed by atoms with E-state index in [-0.39, 0.29) is 5.57 Å². The van der Waals surface area contributed by atoms with Crippen LogP contribution in [0.1, 0.15) is 26.7 Å². The Morgan fingerprint density at radius 3 is 2.56 bits per heavy atom. The van der Waals surface area contributed by atoms with Gasteiger partial charge in [-0.15, -0.1) is 0 Å². The molecule has 0 saturated carbocycles. The maximum atomic E-state index is 11.2. The zero-order valence-corrected chi connectivity index (χ0v) is 10.5. The van der Waals surface area contributed by atoms with Crippen LogP contribution < -0.4 is 0 Å². The fourth-order valence-electron chi connectivity index (χ4n) is 0.768. The molecule has 0 aromatic rings. The molecule has 0 aromatic carbocycles. The molecule has 0 aliphatic heterocycles. The Kier molecular flexibility index (Phi) is 8.59. The number of carboxylic acid groups (broad SMARTS) is 1. The summed E-state index contributed by atoms with van der Waals surface area (Å²) in [5.74, 6) is -0.715. The Hall–Kier alpha value is -1.60. The van der Waals surface area contributed by atoms with E-state index in [0.29, 0.717) is 6.61 Å². The van der Waals surface area contributed by atoms with E-state index in [9.17, 15) is 9.59 Å². The van der Waals surface area contributed by atoms with Crippen LogP contribution in [0.3, 0.4) is 0 Å². The summed E-state index contributed by atoms with van der Waals surface area (Å²) >= 11 is 0. The lowest BCUT2D eigenvalue weighted by Gasteiger charge is -2.16. The molecule has 0 radical (unpaired) electrons. The molecule has 1 unspecified atom stereocenters. The number of ether oxygens (including phenoxy) is 2. The Bertz CT molecular complexity index is 287. The van der Waals surface area contributed by atoms with Gasteiger partial charge >= 0.3 is 12.1 Å². The maximum absolute atomic E-state index is 11.2. The number of unbranched alkanes of at least 4 members (excludes halogenated alkanes) is 1. The second kappa shape index (κ2) is 9.43. The Labute approximate surface area is 105 Å². The largest absolute Gasteiger partial charge is 0.505 e. The molecule has 0 rings (SSSR count). The van der Waals surface area contributed by atoms with Crippen LogP contribution >= 0.6 is 0 Å². The van der Waals surface area contributed by atoms with Crippen molar-refractivity contribution in [2.24, 2.45) is 0 Å². The first-order valence-electron chi connectivity index (χ1n) is 5.47. The smallest absolute Gasteiger partial charge is 0.450 e. The highest BCUT2D eigenvalue weighted by molar-refractivity contribution is 5.87. The Balaban J connectivity index is 4.10. The first-order chi connectivity index (χ1) is 8.47. The molecule has 0 spiro atoms. The molecule has 104 valence electrons. The van der Waals surface area contributed by atoms with Gasteiger partial charge in [-0.05, 0) is 13.3 Å². The molecule has 1 N–H and O–H groups in total. The summed E-state index contributed by atoms with van der Waals surface area (Å²) < 4.78 is 9.01. The molecular formula is C11H18O7. The molecule has 0 bridgehead atoms. The Morgan fingerprint density at radius 2 is 2.06 bits per heavy atom. The predicted octanol–water partition coefficient (Wildman–Crippen LogP) is 1.87. The van der Waals surface area contributed by atoms with Gasteiger partial charge < -0.3 is 14.6 Å². The third-order valence-corrected chi connectivity index (χ3v) is 1.69. The summed E-state index contributed by atoms with van der Waals surface area (Å²) in [4.78, 5) is 31.0. The zero-order valence-electron chi connectivity index (χ0n) is 10.5. The monoisotopic (exact) mass is 262 g/mol. The molecular weight excluding hydrogens is 244 g/mol. The number of carbonyl (C=O) groups excluding carboxylic acids is 1. The van der Waals surface area contributed by atoms with E-state index in [2.05, 4.69) is 11.3 Å². The lowest BCUT2D eigenvalue weighted by atomic mass is 10.4. The van der Waals surface area contributed by atoms with Crippen LogP contribution in [0.15, 0.2) is 12.2 Å². The van der Waals surface area contributed by atoms with Crippen molar-refractivity contribution in [1.82, 2.24) is 0 Å². The summed E-state index contributed by atoms with van der Waals surface area (Å²) in [6.45, 7) is 6.64. The van der Waals surface area contributed by atoms with Crippen molar-refractivity contribution in [1.29, 1.82) is 0 Å². The van der Waals surface area contributed by atoms with Gasteiger partial charge in [0, 0.05) is 5.57 Å². The minimum atomic E-state index is -1.50. The van der Waals surface area contributed by atoms with Crippen LogP contribution in [-0.2, 0) is 24.0 Å². The topological polar surface area (TPSA) is 91.3 Å². The van der Waals surface area contributed by atoms with E-state index in [1.807, 2.05) is 6.92 Å². The maximum Gasteiger partial charge on any atom is 0.505 e. The van der Waals surface area contributed by atoms with Crippen LogP contribution in [0.25, 0.3) is 0 Å². The van der Waals surface area contributed by atoms with Gasteiger partial charge in [0.2, 0.25) is 0 Å². The summed E-state index contributed by atoms with van der Waals surface area (Å²) in [6.07, 6.45) is -1.07. The van der Waals surface area contributed by atoms with Crippen molar-refractivity contribution in [2.45, 2.75) is 33.0 Å². The minimum absolute atomic E-state index is 0.160. The standard InChI is InChI=1S/C11H18O7/c1-4-5-6-16-18-9(7-15-11(13)14)17-10(12)8(2)3/h9H,2,4-7H2,1,3H3,(H,13,14). The van der Waals surface area contributed by atoms with Gasteiger partial charge in [0.15, 0.2) is 6.61 Å². The lowest BCUT2D eigenvalue weighted by Crippen LogP contribution is -2.28. The molecule has 0 aliphatic carbocycles. The van der Waals surface area contributed by atoms with E-state index in [1.165, 1.54) is 6.92 Å². The number of hydrogen-bond donors (Lipinski definition) is 1. The van der Waals surface area contributed by atoms with Crippen LogP contribution in [-0.4, -0.2) is 36.7 Å². The number of esters is 1. The molecule has 0 aliphatic rings. The molecule has 7 nitrogen and oxygen atoms in total. The van der Waals surface area contributed by atoms with Gasteiger partial charge in [-0.3, -0.25) is 0 Å². The third-order valence-electron chi connectivity index (χ3n) is 1.69. The molecule has 18 heavy (non-hydrogen) atoms. The van der Waals surface area contributed by atoms with Gasteiger partial charge in [-0.1, -0.05) is 19.9 Å². The number of carbonyl (C=O) groups is 2. The molecule has 1 atom stereocenters. The van der Waals surface area contributed by atoms with Crippen LogP contribution in [0.2, 0.25) is 0 Å². The van der Waals surface area contributed by atoms with E-state index in [4.69, 9.17) is 19.6 Å².